The van der Waals surface area contributed by atoms with E-state index >= 15 is 0 Å². The molecule has 1 amide bonds. The maximum absolute atomic E-state index is 13.7. The number of carbonyl (C=O) groups excluding carboxylic acids is 1. The van der Waals surface area contributed by atoms with Gasteiger partial charge in [0, 0.05) is 31.7 Å². The molecule has 0 fully saturated rings. The number of nitrogens with zero attached hydrogens (tertiary/aromatic N) is 3. The van der Waals surface area contributed by atoms with Crippen LogP contribution in [-0.2, 0) is 24.3 Å². The Balaban J connectivity index is 1.61. The number of halogens is 2. The highest BCUT2D eigenvalue weighted by Gasteiger charge is 2.25. The van der Waals surface area contributed by atoms with E-state index in [0.29, 0.717) is 18.9 Å². The predicted octanol–water partition coefficient (Wildman–Crippen LogP) is 1.16. The van der Waals surface area contributed by atoms with Crippen molar-refractivity contribution in [2.24, 2.45) is 5.73 Å². The van der Waals surface area contributed by atoms with Gasteiger partial charge in [-0.15, -0.1) is 0 Å². The minimum atomic E-state index is -1.12. The molecule has 0 saturated carbocycles. The summed E-state index contributed by atoms with van der Waals surface area (Å²) in [6.45, 7) is 1.03. The van der Waals surface area contributed by atoms with Crippen LogP contribution < -0.4 is 5.73 Å². The highest BCUT2D eigenvalue weighted by molar-refractivity contribution is 5.85. The Morgan fingerprint density at radius 1 is 1.31 bits per heavy atom. The van der Waals surface area contributed by atoms with E-state index in [1.807, 2.05) is 0 Å². The number of imidazole rings is 1. The van der Waals surface area contributed by atoms with Crippen molar-refractivity contribution in [3.05, 3.63) is 53.1 Å². The highest BCUT2D eigenvalue weighted by Crippen LogP contribution is 2.16. The van der Waals surface area contributed by atoms with Crippen molar-refractivity contribution in [1.82, 2.24) is 14.5 Å². The minimum absolute atomic E-state index is 0.0253. The van der Waals surface area contributed by atoms with Gasteiger partial charge < -0.3 is 20.3 Å². The molecule has 1 atom stereocenters. The first-order valence-electron chi connectivity index (χ1n) is 8.10. The Bertz CT molecular complexity index is 853. The average Bonchev–Trinajstić information content (AvgIpc) is 3.01. The summed E-state index contributed by atoms with van der Waals surface area (Å²) in [5.74, 6) is -1.98. The number of carbonyl (C=O) groups is 2. The molecule has 1 aromatic heterocycles. The summed E-state index contributed by atoms with van der Waals surface area (Å²) in [4.78, 5) is 28.9. The number of nitrogens with two attached hydrogens (primary N) is 1. The van der Waals surface area contributed by atoms with E-state index in [1.165, 1.54) is 11.1 Å². The number of aromatic nitrogens is 2. The molecule has 138 valence electrons. The second-order valence-electron chi connectivity index (χ2n) is 6.26. The fourth-order valence-electron chi connectivity index (χ4n) is 2.98. The summed E-state index contributed by atoms with van der Waals surface area (Å²) in [7, 11) is 0. The first kappa shape index (κ1) is 18.0. The molecule has 0 radical (unpaired) electrons. The van der Waals surface area contributed by atoms with Crippen molar-refractivity contribution in [3.63, 3.8) is 0 Å². The number of aromatic carboxylic acids is 1. The Labute approximate surface area is 148 Å². The van der Waals surface area contributed by atoms with Gasteiger partial charge in [-0.25, -0.2) is 18.6 Å². The van der Waals surface area contributed by atoms with E-state index in [1.54, 1.807) is 4.57 Å². The fourth-order valence-corrected chi connectivity index (χ4v) is 2.98. The van der Waals surface area contributed by atoms with Crippen LogP contribution in [0.5, 0.6) is 0 Å². The zero-order chi connectivity index (χ0) is 18.8. The van der Waals surface area contributed by atoms with Gasteiger partial charge in [-0.2, -0.15) is 0 Å². The van der Waals surface area contributed by atoms with Crippen molar-refractivity contribution in [1.29, 1.82) is 0 Å². The van der Waals surface area contributed by atoms with Crippen LogP contribution >= 0.6 is 0 Å². The monoisotopic (exact) mass is 364 g/mol. The van der Waals surface area contributed by atoms with Crippen LogP contribution in [0.2, 0.25) is 0 Å². The molecule has 2 aromatic rings. The summed E-state index contributed by atoms with van der Waals surface area (Å²) >= 11 is 0. The third-order valence-corrected chi connectivity index (χ3v) is 4.30. The van der Waals surface area contributed by atoms with Crippen molar-refractivity contribution in [2.75, 3.05) is 6.54 Å². The van der Waals surface area contributed by atoms with Gasteiger partial charge in [0.1, 0.15) is 17.5 Å². The Kier molecular flexibility index (Phi) is 4.99. The number of hydrogen-bond donors (Lipinski definition) is 2. The largest absolute Gasteiger partial charge is 0.476 e. The molecule has 7 nitrogen and oxygen atoms in total. The molecule has 0 bridgehead atoms. The number of hydrogen-bond acceptors (Lipinski definition) is 4. The molecule has 2 heterocycles. The Morgan fingerprint density at radius 2 is 2.08 bits per heavy atom. The number of carboxylic acid groups (broad SMARTS) is 1. The topological polar surface area (TPSA) is 101 Å². The number of carboxylic acids is 1. The molecule has 26 heavy (non-hydrogen) atoms. The smallest absolute Gasteiger partial charge is 0.356 e. The molecular formula is C17H18F2N4O3. The molecule has 0 unspecified atom stereocenters. The van der Waals surface area contributed by atoms with Gasteiger partial charge in [-0.3, -0.25) is 4.79 Å². The van der Waals surface area contributed by atoms with Crippen LogP contribution in [0.15, 0.2) is 24.4 Å². The molecule has 3 rings (SSSR count). The van der Waals surface area contributed by atoms with Crippen molar-refractivity contribution < 1.29 is 23.5 Å². The fraction of sp³-hybridized carbons (Fsp3) is 0.353. The third-order valence-electron chi connectivity index (χ3n) is 4.30. The highest BCUT2D eigenvalue weighted by atomic mass is 19.1. The molecule has 0 saturated heterocycles. The van der Waals surface area contributed by atoms with E-state index < -0.39 is 23.6 Å². The van der Waals surface area contributed by atoms with Crippen molar-refractivity contribution >= 4 is 11.9 Å². The zero-order valence-electron chi connectivity index (χ0n) is 13.9. The van der Waals surface area contributed by atoms with Crippen LogP contribution in [0, 0.1) is 11.6 Å². The van der Waals surface area contributed by atoms with E-state index in [0.717, 1.165) is 18.2 Å². The second kappa shape index (κ2) is 7.20. The van der Waals surface area contributed by atoms with Gasteiger partial charge in [0.2, 0.25) is 5.91 Å². The van der Waals surface area contributed by atoms with Gasteiger partial charge in [-0.05, 0) is 30.2 Å². The van der Waals surface area contributed by atoms with Gasteiger partial charge in [0.05, 0.1) is 6.54 Å². The molecule has 9 heteroatoms. The second-order valence-corrected chi connectivity index (χ2v) is 6.26. The SMILES string of the molecule is N[C@@H](CC(=O)N1CCn2cc(C(=O)O)nc2C1)Cc1cc(F)ccc1F. The van der Waals surface area contributed by atoms with E-state index in [-0.39, 0.29) is 36.6 Å². The minimum Gasteiger partial charge on any atom is -0.476 e. The molecule has 1 aliphatic heterocycles. The van der Waals surface area contributed by atoms with E-state index in [2.05, 4.69) is 4.98 Å². The Morgan fingerprint density at radius 3 is 2.81 bits per heavy atom. The molecular weight excluding hydrogens is 346 g/mol. The van der Waals surface area contributed by atoms with Crippen LogP contribution in [0.25, 0.3) is 0 Å². The van der Waals surface area contributed by atoms with Crippen molar-refractivity contribution in [2.45, 2.75) is 32.0 Å². The van der Waals surface area contributed by atoms with Gasteiger partial charge in [0.25, 0.3) is 0 Å². The maximum atomic E-state index is 13.7. The van der Waals surface area contributed by atoms with E-state index in [9.17, 15) is 18.4 Å². The lowest BCUT2D eigenvalue weighted by Crippen LogP contribution is -2.41. The van der Waals surface area contributed by atoms with E-state index in [4.69, 9.17) is 10.8 Å². The van der Waals surface area contributed by atoms with Gasteiger partial charge >= 0.3 is 5.97 Å². The lowest BCUT2D eigenvalue weighted by atomic mass is 10.0. The quantitative estimate of drug-likeness (QED) is 0.829. The van der Waals surface area contributed by atoms with Crippen LogP contribution in [0.4, 0.5) is 8.78 Å². The van der Waals surface area contributed by atoms with Crippen LogP contribution in [-0.4, -0.2) is 44.0 Å². The summed E-state index contributed by atoms with van der Waals surface area (Å²) in [5, 5.41) is 8.98. The summed E-state index contributed by atoms with van der Waals surface area (Å²) in [6.07, 6.45) is 1.46. The summed E-state index contributed by atoms with van der Waals surface area (Å²) < 4.78 is 28.6. The lowest BCUT2D eigenvalue weighted by molar-refractivity contribution is -0.133. The molecule has 0 aliphatic carbocycles. The average molecular weight is 364 g/mol. The lowest BCUT2D eigenvalue weighted by Gasteiger charge is -2.28. The molecule has 1 aliphatic rings. The first-order valence-corrected chi connectivity index (χ1v) is 8.10. The first-order chi connectivity index (χ1) is 12.3. The normalized spacial score (nSPS) is 14.8. The molecule has 0 spiro atoms. The zero-order valence-corrected chi connectivity index (χ0v) is 13.9. The predicted molar refractivity (Wildman–Crippen MR) is 87.3 cm³/mol. The third kappa shape index (κ3) is 3.88. The Hall–Kier alpha value is -2.81. The number of fused-ring (bicyclic) bond motifs is 1. The van der Waals surface area contributed by atoms with Crippen LogP contribution in [0.3, 0.4) is 0 Å². The van der Waals surface area contributed by atoms with Crippen LogP contribution in [0.1, 0.15) is 28.3 Å². The van der Waals surface area contributed by atoms with Crippen molar-refractivity contribution in [3.8, 4) is 0 Å². The summed E-state index contributed by atoms with van der Waals surface area (Å²) in [5.41, 5.74) is 6.00. The number of rotatable bonds is 5. The number of benzene rings is 1. The van der Waals surface area contributed by atoms with Gasteiger partial charge in [0.15, 0.2) is 5.69 Å². The summed E-state index contributed by atoms with van der Waals surface area (Å²) in [6, 6.07) is 2.47. The maximum Gasteiger partial charge on any atom is 0.356 e. The molecule has 3 N–H and O–H groups in total. The standard InChI is InChI=1S/C17H18F2N4O3/c18-11-1-2-13(19)10(5-11)6-12(20)7-16(24)23-4-3-22-8-14(17(25)26)21-15(22)9-23/h1-2,5,8,12H,3-4,6-7,9,20H2,(H,25,26)/t12-/m1/s1. The number of amides is 1. The molecule has 1 aromatic carbocycles. The van der Waals surface area contributed by atoms with Gasteiger partial charge in [-0.1, -0.05) is 0 Å².